The summed E-state index contributed by atoms with van der Waals surface area (Å²) in [5.74, 6) is 0.653. The van der Waals surface area contributed by atoms with Gasteiger partial charge in [0.15, 0.2) is 0 Å². The zero-order valence-corrected chi connectivity index (χ0v) is 15.3. The second kappa shape index (κ2) is 9.06. The molecule has 1 heterocycles. The summed E-state index contributed by atoms with van der Waals surface area (Å²) in [6.45, 7) is 2.43. The Balaban J connectivity index is 0.00000225. The van der Waals surface area contributed by atoms with Crippen LogP contribution in [0.3, 0.4) is 0 Å². The lowest BCUT2D eigenvalue weighted by Gasteiger charge is -2.24. The van der Waals surface area contributed by atoms with E-state index in [1.165, 1.54) is 25.7 Å². The van der Waals surface area contributed by atoms with E-state index < -0.39 is 0 Å². The van der Waals surface area contributed by atoms with Gasteiger partial charge in [-0.15, -0.1) is 12.4 Å². The first-order chi connectivity index (χ1) is 11.7. The summed E-state index contributed by atoms with van der Waals surface area (Å²) in [6.07, 6.45) is 5.88. The summed E-state index contributed by atoms with van der Waals surface area (Å²) in [4.78, 5) is 24.1. The Morgan fingerprint density at radius 3 is 2.60 bits per heavy atom. The maximum atomic E-state index is 12.5. The molecular weight excluding hydrogens is 340 g/mol. The van der Waals surface area contributed by atoms with Crippen LogP contribution in [0.1, 0.15) is 39.0 Å². The molecule has 6 nitrogen and oxygen atoms in total. The molecule has 3 rings (SSSR count). The maximum absolute atomic E-state index is 12.5. The van der Waals surface area contributed by atoms with E-state index in [1.54, 1.807) is 12.1 Å². The molecule has 0 radical (unpaired) electrons. The average molecular weight is 367 g/mol. The van der Waals surface area contributed by atoms with E-state index in [0.717, 1.165) is 6.42 Å². The smallest absolute Gasteiger partial charge is 0.319 e. The molecule has 1 aliphatic heterocycles. The third-order valence-electron chi connectivity index (χ3n) is 4.90. The zero-order chi connectivity index (χ0) is 16.9. The molecule has 0 bridgehead atoms. The van der Waals surface area contributed by atoms with Gasteiger partial charge < -0.3 is 21.3 Å². The van der Waals surface area contributed by atoms with E-state index in [0.29, 0.717) is 29.9 Å². The number of rotatable bonds is 4. The molecule has 1 aliphatic carbocycles. The first-order valence-electron chi connectivity index (χ1n) is 8.87. The Hall–Kier alpha value is -1.79. The standard InChI is InChI=1S/C18H26N4O2.ClH/c1-2-19-18(24)21-14-8-5-7-13(11-14)20-17(23)16-10-12-6-3-4-9-15(12)22-16;/h5,7-8,11-12,15-16,22H,2-4,6,9-10H2,1H3,(H,20,23)(H2,19,21,24);1H. The van der Waals surface area contributed by atoms with Gasteiger partial charge in [-0.1, -0.05) is 18.9 Å². The van der Waals surface area contributed by atoms with Gasteiger partial charge in [0.05, 0.1) is 6.04 Å². The minimum atomic E-state index is -0.248. The van der Waals surface area contributed by atoms with E-state index in [1.807, 2.05) is 19.1 Å². The van der Waals surface area contributed by atoms with Crippen molar-refractivity contribution in [1.82, 2.24) is 10.6 Å². The number of carbonyl (C=O) groups excluding carboxylic acids is 2. The molecule has 3 atom stereocenters. The fourth-order valence-corrected chi connectivity index (χ4v) is 3.76. The van der Waals surface area contributed by atoms with Crippen molar-refractivity contribution in [3.63, 3.8) is 0 Å². The van der Waals surface area contributed by atoms with Crippen molar-refractivity contribution in [2.24, 2.45) is 5.92 Å². The minimum Gasteiger partial charge on any atom is -0.338 e. The fourth-order valence-electron chi connectivity index (χ4n) is 3.76. The van der Waals surface area contributed by atoms with Gasteiger partial charge in [-0.2, -0.15) is 0 Å². The number of amides is 3. The highest BCUT2D eigenvalue weighted by Crippen LogP contribution is 2.33. The average Bonchev–Trinajstić information content (AvgIpc) is 2.99. The molecule has 1 saturated heterocycles. The van der Waals surface area contributed by atoms with Crippen molar-refractivity contribution >= 4 is 35.7 Å². The third-order valence-corrected chi connectivity index (χ3v) is 4.90. The van der Waals surface area contributed by atoms with Crippen LogP contribution in [-0.2, 0) is 4.79 Å². The van der Waals surface area contributed by atoms with E-state index in [2.05, 4.69) is 21.3 Å². The number of anilines is 2. The summed E-state index contributed by atoms with van der Waals surface area (Å²) in [6, 6.07) is 7.37. The summed E-state index contributed by atoms with van der Waals surface area (Å²) >= 11 is 0. The molecule has 3 unspecified atom stereocenters. The first-order valence-corrected chi connectivity index (χ1v) is 8.87. The molecule has 1 aromatic rings. The Labute approximate surface area is 154 Å². The quantitative estimate of drug-likeness (QED) is 0.660. The predicted octanol–water partition coefficient (Wildman–Crippen LogP) is 3.11. The Morgan fingerprint density at radius 2 is 1.88 bits per heavy atom. The second-order valence-corrected chi connectivity index (χ2v) is 6.66. The molecule has 2 aliphatic rings. The van der Waals surface area contributed by atoms with Crippen LogP contribution < -0.4 is 21.3 Å². The minimum absolute atomic E-state index is 0. The number of hydrogen-bond acceptors (Lipinski definition) is 3. The summed E-state index contributed by atoms with van der Waals surface area (Å²) in [7, 11) is 0. The normalized spacial score (nSPS) is 24.6. The van der Waals surface area contributed by atoms with Crippen LogP contribution in [0.4, 0.5) is 16.2 Å². The van der Waals surface area contributed by atoms with E-state index in [-0.39, 0.29) is 30.4 Å². The van der Waals surface area contributed by atoms with Crippen molar-refractivity contribution in [2.45, 2.75) is 51.1 Å². The number of hydrogen-bond donors (Lipinski definition) is 4. The van der Waals surface area contributed by atoms with Crippen molar-refractivity contribution in [3.05, 3.63) is 24.3 Å². The van der Waals surface area contributed by atoms with E-state index in [9.17, 15) is 9.59 Å². The Kier molecular flexibility index (Phi) is 7.08. The monoisotopic (exact) mass is 366 g/mol. The van der Waals surface area contributed by atoms with Gasteiger partial charge in [0, 0.05) is 24.0 Å². The molecule has 7 heteroatoms. The van der Waals surface area contributed by atoms with Gasteiger partial charge in [-0.3, -0.25) is 4.79 Å². The lowest BCUT2D eigenvalue weighted by molar-refractivity contribution is -0.117. The SMILES string of the molecule is CCNC(=O)Nc1cccc(NC(=O)C2CC3CCCCC3N2)c1.Cl. The summed E-state index contributed by atoms with van der Waals surface area (Å²) in [5.41, 5.74) is 1.36. The Morgan fingerprint density at radius 1 is 1.16 bits per heavy atom. The second-order valence-electron chi connectivity index (χ2n) is 6.66. The van der Waals surface area contributed by atoms with Gasteiger partial charge in [-0.05, 0) is 50.3 Å². The molecule has 2 fully saturated rings. The van der Waals surface area contributed by atoms with Crippen LogP contribution in [0.25, 0.3) is 0 Å². The number of benzene rings is 1. The molecule has 4 N–H and O–H groups in total. The first kappa shape index (κ1) is 19.5. The number of carbonyl (C=O) groups is 2. The molecule has 138 valence electrons. The van der Waals surface area contributed by atoms with Crippen molar-refractivity contribution < 1.29 is 9.59 Å². The molecule has 0 aromatic heterocycles. The highest BCUT2D eigenvalue weighted by molar-refractivity contribution is 5.96. The molecule has 1 aromatic carbocycles. The molecule has 25 heavy (non-hydrogen) atoms. The number of urea groups is 1. The number of nitrogens with one attached hydrogen (secondary N) is 4. The highest BCUT2D eigenvalue weighted by Gasteiger charge is 2.38. The lowest BCUT2D eigenvalue weighted by Crippen LogP contribution is -2.39. The van der Waals surface area contributed by atoms with Gasteiger partial charge >= 0.3 is 6.03 Å². The summed E-state index contributed by atoms with van der Waals surface area (Å²) in [5, 5.41) is 11.9. The zero-order valence-electron chi connectivity index (χ0n) is 14.5. The molecule has 3 amide bonds. The molecular formula is C18H27ClN4O2. The largest absolute Gasteiger partial charge is 0.338 e. The molecule has 0 spiro atoms. The van der Waals surface area contributed by atoms with Crippen LogP contribution in [0, 0.1) is 5.92 Å². The number of halogens is 1. The van der Waals surface area contributed by atoms with E-state index >= 15 is 0 Å². The predicted molar refractivity (Wildman–Crippen MR) is 102 cm³/mol. The van der Waals surface area contributed by atoms with Gasteiger partial charge in [0.2, 0.25) is 5.91 Å². The third kappa shape index (κ3) is 5.09. The van der Waals surface area contributed by atoms with Gasteiger partial charge in [0.1, 0.15) is 0 Å². The van der Waals surface area contributed by atoms with E-state index in [4.69, 9.17) is 0 Å². The topological polar surface area (TPSA) is 82.3 Å². The van der Waals surface area contributed by atoms with Gasteiger partial charge in [-0.25, -0.2) is 4.79 Å². The highest BCUT2D eigenvalue weighted by atomic mass is 35.5. The van der Waals surface area contributed by atoms with Crippen LogP contribution >= 0.6 is 12.4 Å². The number of fused-ring (bicyclic) bond motifs is 1. The van der Waals surface area contributed by atoms with Crippen LogP contribution in [0.2, 0.25) is 0 Å². The maximum Gasteiger partial charge on any atom is 0.319 e. The van der Waals surface area contributed by atoms with Crippen LogP contribution in [0.15, 0.2) is 24.3 Å². The van der Waals surface area contributed by atoms with Gasteiger partial charge in [0.25, 0.3) is 0 Å². The van der Waals surface area contributed by atoms with Crippen molar-refractivity contribution in [2.75, 3.05) is 17.2 Å². The Bertz CT molecular complexity index is 596. The molecule has 1 saturated carbocycles. The fraction of sp³-hybridized carbons (Fsp3) is 0.556. The van der Waals surface area contributed by atoms with Crippen molar-refractivity contribution in [1.29, 1.82) is 0 Å². The van der Waals surface area contributed by atoms with Crippen LogP contribution in [0.5, 0.6) is 0 Å². The van der Waals surface area contributed by atoms with Crippen molar-refractivity contribution in [3.8, 4) is 0 Å². The summed E-state index contributed by atoms with van der Waals surface area (Å²) < 4.78 is 0. The lowest BCUT2D eigenvalue weighted by atomic mass is 9.85. The van der Waals surface area contributed by atoms with Crippen LogP contribution in [-0.4, -0.2) is 30.6 Å².